The number of alkyl halides is 2. The summed E-state index contributed by atoms with van der Waals surface area (Å²) in [6.45, 7) is 0.635. The molecule has 0 bridgehead atoms. The number of halogens is 2. The Bertz CT molecular complexity index is 330. The third kappa shape index (κ3) is 5.42. The van der Waals surface area contributed by atoms with Crippen LogP contribution in [0.2, 0.25) is 0 Å². The smallest absolute Gasteiger partial charge is 0.387 e. The summed E-state index contributed by atoms with van der Waals surface area (Å²) in [4.78, 5) is 0. The largest absolute Gasteiger partial charge is 0.435 e. The fraction of sp³-hybridized carbons (Fsp3) is 0.538. The molecule has 0 aliphatic heterocycles. The summed E-state index contributed by atoms with van der Waals surface area (Å²) in [5.41, 5.74) is 1.02. The average Bonchev–Trinajstić information content (AvgIpc) is 2.35. The quantitative estimate of drug-likeness (QED) is 0.778. The maximum Gasteiger partial charge on any atom is 0.387 e. The zero-order valence-corrected chi connectivity index (χ0v) is 10.7. The molecule has 18 heavy (non-hydrogen) atoms. The zero-order chi connectivity index (χ0) is 13.4. The van der Waals surface area contributed by atoms with Crippen molar-refractivity contribution in [2.24, 2.45) is 0 Å². The van der Waals surface area contributed by atoms with Gasteiger partial charge in [-0.3, -0.25) is 0 Å². The minimum absolute atomic E-state index is 0.178. The van der Waals surface area contributed by atoms with Gasteiger partial charge in [0.15, 0.2) is 0 Å². The first-order chi connectivity index (χ1) is 8.65. The maximum absolute atomic E-state index is 12.0. The van der Waals surface area contributed by atoms with Crippen molar-refractivity contribution in [3.63, 3.8) is 0 Å². The van der Waals surface area contributed by atoms with E-state index in [1.54, 1.807) is 31.4 Å². The van der Waals surface area contributed by atoms with Crippen molar-refractivity contribution in [2.45, 2.75) is 32.5 Å². The molecule has 0 saturated heterocycles. The van der Waals surface area contributed by atoms with Gasteiger partial charge in [0.2, 0.25) is 0 Å². The van der Waals surface area contributed by atoms with Crippen LogP contribution in [0, 0.1) is 0 Å². The van der Waals surface area contributed by atoms with E-state index < -0.39 is 6.61 Å². The molecule has 102 valence electrons. The molecule has 0 amide bonds. The first-order valence-corrected chi connectivity index (χ1v) is 5.91. The van der Waals surface area contributed by atoms with E-state index in [2.05, 4.69) is 17.0 Å². The molecule has 1 N–H and O–H groups in total. The van der Waals surface area contributed by atoms with E-state index in [9.17, 15) is 8.78 Å². The van der Waals surface area contributed by atoms with E-state index in [-0.39, 0.29) is 5.75 Å². The van der Waals surface area contributed by atoms with E-state index in [4.69, 9.17) is 4.74 Å². The monoisotopic (exact) mass is 259 g/mol. The Morgan fingerprint density at radius 3 is 2.39 bits per heavy atom. The highest BCUT2D eigenvalue weighted by Gasteiger charge is 2.06. The second kappa shape index (κ2) is 8.00. The lowest BCUT2D eigenvalue weighted by molar-refractivity contribution is -0.0498. The number of ether oxygens (including phenoxy) is 2. The summed E-state index contributed by atoms with van der Waals surface area (Å²) in [7, 11) is 1.67. The fourth-order valence-electron chi connectivity index (χ4n) is 1.57. The van der Waals surface area contributed by atoms with E-state index >= 15 is 0 Å². The molecule has 0 fully saturated rings. The lowest BCUT2D eigenvalue weighted by Crippen LogP contribution is -2.31. The van der Waals surface area contributed by atoms with Crippen molar-refractivity contribution in [3.05, 3.63) is 29.8 Å². The topological polar surface area (TPSA) is 30.5 Å². The van der Waals surface area contributed by atoms with Gasteiger partial charge in [0.05, 0.1) is 6.61 Å². The van der Waals surface area contributed by atoms with Crippen LogP contribution in [0.3, 0.4) is 0 Å². The van der Waals surface area contributed by atoms with Gasteiger partial charge in [-0.1, -0.05) is 19.1 Å². The highest BCUT2D eigenvalue weighted by Crippen LogP contribution is 2.14. The SMILES string of the molecule is CCC(COC)NCc1ccc(OC(F)F)cc1. The molecule has 0 aromatic heterocycles. The van der Waals surface area contributed by atoms with Crippen molar-refractivity contribution >= 4 is 0 Å². The minimum Gasteiger partial charge on any atom is -0.435 e. The van der Waals surface area contributed by atoms with E-state index in [1.165, 1.54) is 0 Å². The summed E-state index contributed by atoms with van der Waals surface area (Å²) < 4.78 is 33.3. The average molecular weight is 259 g/mol. The number of nitrogens with one attached hydrogen (secondary N) is 1. The molecule has 0 aliphatic rings. The molecule has 1 aromatic carbocycles. The van der Waals surface area contributed by atoms with Gasteiger partial charge < -0.3 is 14.8 Å². The van der Waals surface area contributed by atoms with Crippen LogP contribution < -0.4 is 10.1 Å². The number of methoxy groups -OCH3 is 1. The van der Waals surface area contributed by atoms with Crippen LogP contribution in [0.4, 0.5) is 8.78 Å². The Hall–Kier alpha value is -1.20. The number of hydrogen-bond donors (Lipinski definition) is 1. The Balaban J connectivity index is 2.43. The molecule has 0 aliphatic carbocycles. The number of hydrogen-bond acceptors (Lipinski definition) is 3. The van der Waals surface area contributed by atoms with Crippen molar-refractivity contribution in [2.75, 3.05) is 13.7 Å². The second-order valence-electron chi connectivity index (χ2n) is 3.96. The van der Waals surface area contributed by atoms with E-state index in [0.29, 0.717) is 19.2 Å². The molecule has 0 heterocycles. The molecular formula is C13H19F2NO2. The lowest BCUT2D eigenvalue weighted by atomic mass is 10.2. The zero-order valence-electron chi connectivity index (χ0n) is 10.7. The summed E-state index contributed by atoms with van der Waals surface area (Å²) in [6.07, 6.45) is 0.973. The van der Waals surface area contributed by atoms with Crippen LogP contribution in [-0.2, 0) is 11.3 Å². The Morgan fingerprint density at radius 1 is 1.22 bits per heavy atom. The second-order valence-corrected chi connectivity index (χ2v) is 3.96. The molecule has 1 rings (SSSR count). The van der Waals surface area contributed by atoms with Crippen LogP contribution in [0.15, 0.2) is 24.3 Å². The minimum atomic E-state index is -2.78. The molecule has 3 nitrogen and oxygen atoms in total. The predicted octanol–water partition coefficient (Wildman–Crippen LogP) is 2.80. The molecule has 0 spiro atoms. The van der Waals surface area contributed by atoms with Gasteiger partial charge in [-0.25, -0.2) is 0 Å². The highest BCUT2D eigenvalue weighted by molar-refractivity contribution is 5.27. The standard InChI is InChI=1S/C13H19F2NO2/c1-3-11(9-17-2)16-8-10-4-6-12(7-5-10)18-13(14)15/h4-7,11,13,16H,3,8-9H2,1-2H3. The number of benzene rings is 1. The summed E-state index contributed by atoms with van der Waals surface area (Å²) >= 11 is 0. The van der Waals surface area contributed by atoms with Gasteiger partial charge in [0.1, 0.15) is 5.75 Å². The van der Waals surface area contributed by atoms with Crippen LogP contribution in [0.25, 0.3) is 0 Å². The Morgan fingerprint density at radius 2 is 1.89 bits per heavy atom. The fourth-order valence-corrected chi connectivity index (χ4v) is 1.57. The van der Waals surface area contributed by atoms with E-state index in [0.717, 1.165) is 12.0 Å². The Labute approximate surface area is 106 Å². The van der Waals surface area contributed by atoms with Crippen LogP contribution >= 0.6 is 0 Å². The van der Waals surface area contributed by atoms with Crippen molar-refractivity contribution in [1.29, 1.82) is 0 Å². The molecule has 5 heteroatoms. The van der Waals surface area contributed by atoms with Crippen molar-refractivity contribution in [3.8, 4) is 5.75 Å². The Kier molecular flexibility index (Phi) is 6.60. The molecule has 0 saturated carbocycles. The third-order valence-corrected chi connectivity index (χ3v) is 2.60. The van der Waals surface area contributed by atoms with Gasteiger partial charge in [0, 0.05) is 19.7 Å². The summed E-state index contributed by atoms with van der Waals surface area (Å²) in [5, 5.41) is 3.33. The van der Waals surface area contributed by atoms with Crippen LogP contribution in [0.1, 0.15) is 18.9 Å². The molecule has 1 aromatic rings. The molecular weight excluding hydrogens is 240 g/mol. The van der Waals surface area contributed by atoms with Crippen molar-refractivity contribution in [1.82, 2.24) is 5.32 Å². The van der Waals surface area contributed by atoms with Gasteiger partial charge in [0.25, 0.3) is 0 Å². The summed E-state index contributed by atoms with van der Waals surface area (Å²) in [5.74, 6) is 0.178. The first kappa shape index (κ1) is 14.9. The molecule has 1 atom stereocenters. The lowest BCUT2D eigenvalue weighted by Gasteiger charge is -2.16. The van der Waals surface area contributed by atoms with Gasteiger partial charge in [-0.05, 0) is 24.1 Å². The summed E-state index contributed by atoms with van der Waals surface area (Å²) in [6, 6.07) is 6.92. The first-order valence-electron chi connectivity index (χ1n) is 5.91. The predicted molar refractivity (Wildman–Crippen MR) is 65.9 cm³/mol. The molecule has 1 unspecified atom stereocenters. The normalized spacial score (nSPS) is 12.7. The highest BCUT2D eigenvalue weighted by atomic mass is 19.3. The third-order valence-electron chi connectivity index (χ3n) is 2.60. The van der Waals surface area contributed by atoms with E-state index in [1.807, 2.05) is 0 Å². The van der Waals surface area contributed by atoms with Gasteiger partial charge in [-0.15, -0.1) is 0 Å². The van der Waals surface area contributed by atoms with Gasteiger partial charge in [-0.2, -0.15) is 8.78 Å². The molecule has 0 radical (unpaired) electrons. The van der Waals surface area contributed by atoms with Crippen molar-refractivity contribution < 1.29 is 18.3 Å². The maximum atomic E-state index is 12.0. The van der Waals surface area contributed by atoms with Gasteiger partial charge >= 0.3 is 6.61 Å². The van der Waals surface area contributed by atoms with Crippen LogP contribution in [0.5, 0.6) is 5.75 Å². The van der Waals surface area contributed by atoms with Crippen LogP contribution in [-0.4, -0.2) is 26.4 Å². The number of rotatable bonds is 8.